The van der Waals surface area contributed by atoms with E-state index in [0.717, 1.165) is 18.4 Å². The molecule has 2 aromatic rings. The highest BCUT2D eigenvalue weighted by Crippen LogP contribution is 2.15. The van der Waals surface area contributed by atoms with E-state index < -0.39 is 0 Å². The highest BCUT2D eigenvalue weighted by Gasteiger charge is 2.08. The van der Waals surface area contributed by atoms with Gasteiger partial charge in [-0.3, -0.25) is 15.0 Å². The van der Waals surface area contributed by atoms with Gasteiger partial charge in [-0.1, -0.05) is 24.3 Å². The lowest BCUT2D eigenvalue weighted by Crippen LogP contribution is -2.27. The molecule has 0 bridgehead atoms. The molecule has 0 radical (unpaired) electrons. The second-order valence-corrected chi connectivity index (χ2v) is 7.50. The first-order chi connectivity index (χ1) is 16.0. The van der Waals surface area contributed by atoms with Crippen LogP contribution in [-0.2, 0) is 20.7 Å². The van der Waals surface area contributed by atoms with Gasteiger partial charge in [-0.15, -0.1) is 0 Å². The Hall–Kier alpha value is -3.23. The van der Waals surface area contributed by atoms with Crippen LogP contribution in [0.15, 0.2) is 48.5 Å². The predicted octanol–water partition coefficient (Wildman–Crippen LogP) is 2.72. The summed E-state index contributed by atoms with van der Waals surface area (Å²) in [4.78, 5) is 24.3. The first-order valence-corrected chi connectivity index (χ1v) is 11.0. The number of ether oxygens (including phenoxy) is 3. The molecule has 0 aliphatic heterocycles. The molecule has 0 saturated heterocycles. The number of nitrogens with two attached hydrogens (primary N) is 1. The highest BCUT2D eigenvalue weighted by molar-refractivity contribution is 5.98. The van der Waals surface area contributed by atoms with Crippen LogP contribution in [0.5, 0.6) is 5.75 Å². The summed E-state index contributed by atoms with van der Waals surface area (Å²) < 4.78 is 15.9. The van der Waals surface area contributed by atoms with Crippen molar-refractivity contribution >= 4 is 17.5 Å². The van der Waals surface area contributed by atoms with Crippen LogP contribution < -0.4 is 15.8 Å². The fourth-order valence-electron chi connectivity index (χ4n) is 3.01. The van der Waals surface area contributed by atoms with E-state index in [4.69, 9.17) is 25.4 Å². The van der Waals surface area contributed by atoms with E-state index in [9.17, 15) is 9.59 Å². The maximum Gasteiger partial charge on any atom is 0.220 e. The van der Waals surface area contributed by atoms with Crippen molar-refractivity contribution in [3.8, 4) is 5.75 Å². The molecule has 0 aliphatic rings. The zero-order valence-corrected chi connectivity index (χ0v) is 19.1. The summed E-state index contributed by atoms with van der Waals surface area (Å²) in [7, 11) is 1.63. The number of ketones is 1. The Morgan fingerprint density at radius 2 is 1.61 bits per heavy atom. The van der Waals surface area contributed by atoms with Gasteiger partial charge in [0.15, 0.2) is 5.78 Å². The summed E-state index contributed by atoms with van der Waals surface area (Å²) >= 11 is 0. The molecule has 8 heteroatoms. The fraction of sp³-hybridized carbons (Fsp3) is 0.400. The van der Waals surface area contributed by atoms with Gasteiger partial charge in [-0.05, 0) is 42.7 Å². The molecule has 8 nitrogen and oxygen atoms in total. The van der Waals surface area contributed by atoms with E-state index in [2.05, 4.69) is 5.32 Å². The maximum atomic E-state index is 12.5. The summed E-state index contributed by atoms with van der Waals surface area (Å²) in [6, 6.07) is 14.0. The molecule has 2 rings (SSSR count). The van der Waals surface area contributed by atoms with Crippen LogP contribution in [0, 0.1) is 5.41 Å². The Morgan fingerprint density at radius 1 is 0.909 bits per heavy atom. The van der Waals surface area contributed by atoms with Crippen LogP contribution in [0.2, 0.25) is 0 Å². The average Bonchev–Trinajstić information content (AvgIpc) is 2.82. The third-order valence-electron chi connectivity index (χ3n) is 4.87. The van der Waals surface area contributed by atoms with Crippen LogP contribution in [0.1, 0.15) is 40.7 Å². The van der Waals surface area contributed by atoms with Crippen molar-refractivity contribution in [2.24, 2.45) is 5.73 Å². The minimum Gasteiger partial charge on any atom is -0.492 e. The second kappa shape index (κ2) is 14.8. The summed E-state index contributed by atoms with van der Waals surface area (Å²) in [6.07, 6.45) is 2.34. The molecule has 0 aliphatic carbocycles. The fourth-order valence-corrected chi connectivity index (χ4v) is 3.01. The van der Waals surface area contributed by atoms with Gasteiger partial charge < -0.3 is 25.3 Å². The number of methoxy groups -OCH3 is 1. The maximum absolute atomic E-state index is 12.5. The van der Waals surface area contributed by atoms with E-state index in [1.807, 2.05) is 0 Å². The van der Waals surface area contributed by atoms with Gasteiger partial charge in [-0.25, -0.2) is 0 Å². The summed E-state index contributed by atoms with van der Waals surface area (Å²) in [5, 5.41) is 10.2. The van der Waals surface area contributed by atoms with Crippen molar-refractivity contribution in [2.45, 2.75) is 25.7 Å². The number of benzene rings is 2. The first kappa shape index (κ1) is 26.0. The average molecular weight is 456 g/mol. The Kier molecular flexibility index (Phi) is 11.6. The quantitative estimate of drug-likeness (QED) is 0.155. The molecule has 1 amide bonds. The predicted molar refractivity (Wildman–Crippen MR) is 127 cm³/mol. The van der Waals surface area contributed by atoms with E-state index >= 15 is 0 Å². The molecule has 178 valence electrons. The standard InChI is InChI=1S/C25H33N3O5/c1-31-16-17-32-14-3-2-4-24(30)28-13-15-33-22-11-9-20(10-12-22)23(29)18-19-5-7-21(8-6-19)25(26)27/h5-12H,2-4,13-18H2,1H3,(H3,26,27)(H,28,30). The molecule has 0 saturated carbocycles. The van der Waals surface area contributed by atoms with Crippen molar-refractivity contribution in [2.75, 3.05) is 40.1 Å². The zero-order valence-electron chi connectivity index (χ0n) is 19.1. The molecule has 33 heavy (non-hydrogen) atoms. The number of unbranched alkanes of at least 4 members (excludes halogenated alkanes) is 1. The number of amides is 1. The van der Waals surface area contributed by atoms with Gasteiger partial charge in [0.2, 0.25) is 5.91 Å². The molecule has 0 heterocycles. The summed E-state index contributed by atoms with van der Waals surface area (Å²) in [5.74, 6) is 0.628. The van der Waals surface area contributed by atoms with Crippen LogP contribution in [0.4, 0.5) is 0 Å². The molecular weight excluding hydrogens is 422 g/mol. The lowest BCUT2D eigenvalue weighted by Gasteiger charge is -2.09. The molecule has 0 spiro atoms. The number of nitrogen functional groups attached to an aromatic ring is 1. The molecule has 0 atom stereocenters. The number of carbonyl (C=O) groups excluding carboxylic acids is 2. The molecule has 0 aromatic heterocycles. The van der Waals surface area contributed by atoms with Crippen molar-refractivity contribution in [3.05, 3.63) is 65.2 Å². The van der Waals surface area contributed by atoms with Gasteiger partial charge >= 0.3 is 0 Å². The lowest BCUT2D eigenvalue weighted by atomic mass is 10.0. The minimum absolute atomic E-state index is 0.00236. The number of nitrogens with one attached hydrogen (secondary N) is 2. The molecule has 2 aromatic carbocycles. The Balaban J connectivity index is 1.62. The van der Waals surface area contributed by atoms with E-state index in [1.165, 1.54) is 0 Å². The third-order valence-corrected chi connectivity index (χ3v) is 4.87. The van der Waals surface area contributed by atoms with E-state index in [0.29, 0.717) is 56.3 Å². The van der Waals surface area contributed by atoms with Crippen molar-refractivity contribution in [3.63, 3.8) is 0 Å². The first-order valence-electron chi connectivity index (χ1n) is 11.0. The number of amidine groups is 1. The summed E-state index contributed by atoms with van der Waals surface area (Å²) in [6.45, 7) is 2.55. The molecular formula is C25H33N3O5. The van der Waals surface area contributed by atoms with Crippen LogP contribution in [-0.4, -0.2) is 57.6 Å². The normalized spacial score (nSPS) is 10.6. The van der Waals surface area contributed by atoms with Crippen molar-refractivity contribution in [1.29, 1.82) is 5.41 Å². The van der Waals surface area contributed by atoms with Gasteiger partial charge in [-0.2, -0.15) is 0 Å². The molecule has 0 unspecified atom stereocenters. The largest absolute Gasteiger partial charge is 0.492 e. The van der Waals surface area contributed by atoms with Crippen molar-refractivity contribution in [1.82, 2.24) is 5.32 Å². The number of hydrogen-bond donors (Lipinski definition) is 3. The van der Waals surface area contributed by atoms with Gasteiger partial charge in [0.05, 0.1) is 19.8 Å². The Morgan fingerprint density at radius 3 is 2.27 bits per heavy atom. The number of hydrogen-bond acceptors (Lipinski definition) is 6. The number of rotatable bonds is 16. The smallest absolute Gasteiger partial charge is 0.220 e. The number of Topliss-reactive ketones (excluding diaryl/α,β-unsaturated/α-hetero) is 1. The highest BCUT2D eigenvalue weighted by atomic mass is 16.5. The SMILES string of the molecule is COCCOCCCCC(=O)NCCOc1ccc(C(=O)Cc2ccc(C(=N)N)cc2)cc1. The van der Waals surface area contributed by atoms with Crippen LogP contribution >= 0.6 is 0 Å². The Labute approximate surface area is 194 Å². The molecule has 4 N–H and O–H groups in total. The Bertz CT molecular complexity index is 882. The van der Waals surface area contributed by atoms with E-state index in [1.54, 1.807) is 55.6 Å². The number of carbonyl (C=O) groups is 2. The van der Waals surface area contributed by atoms with Crippen LogP contribution in [0.25, 0.3) is 0 Å². The van der Waals surface area contributed by atoms with Gasteiger partial charge in [0.25, 0.3) is 0 Å². The summed E-state index contributed by atoms with van der Waals surface area (Å²) in [5.41, 5.74) is 7.53. The zero-order chi connectivity index (χ0) is 23.9. The van der Waals surface area contributed by atoms with Gasteiger partial charge in [0, 0.05) is 37.7 Å². The topological polar surface area (TPSA) is 124 Å². The molecule has 0 fully saturated rings. The minimum atomic E-state index is -0.00669. The lowest BCUT2D eigenvalue weighted by molar-refractivity contribution is -0.121. The second-order valence-electron chi connectivity index (χ2n) is 7.50. The third kappa shape index (κ3) is 10.3. The van der Waals surface area contributed by atoms with E-state index in [-0.39, 0.29) is 23.9 Å². The van der Waals surface area contributed by atoms with Gasteiger partial charge in [0.1, 0.15) is 18.2 Å². The monoisotopic (exact) mass is 455 g/mol. The van der Waals surface area contributed by atoms with Crippen molar-refractivity contribution < 1.29 is 23.8 Å². The van der Waals surface area contributed by atoms with Crippen LogP contribution in [0.3, 0.4) is 0 Å².